The van der Waals surface area contributed by atoms with E-state index in [1.807, 2.05) is 6.20 Å². The Bertz CT molecular complexity index is 915. The molecule has 2 heterocycles. The van der Waals surface area contributed by atoms with Gasteiger partial charge < -0.3 is 4.57 Å². The highest BCUT2D eigenvalue weighted by atomic mass is 32.2. The molecular formula is C18H24N4O4S. The highest BCUT2D eigenvalue weighted by Gasteiger charge is 2.34. The Hall–Kier alpha value is -2.26. The molecule has 0 unspecified atom stereocenters. The van der Waals surface area contributed by atoms with Crippen molar-refractivity contribution in [2.75, 3.05) is 13.1 Å². The number of sulfonamides is 1. The van der Waals surface area contributed by atoms with Crippen LogP contribution in [0, 0.1) is 16.0 Å². The van der Waals surface area contributed by atoms with E-state index < -0.39 is 14.9 Å². The normalized spacial score (nSPS) is 16.7. The molecule has 1 aromatic heterocycles. The first-order valence-electron chi connectivity index (χ1n) is 9.05. The summed E-state index contributed by atoms with van der Waals surface area (Å²) >= 11 is 0. The fourth-order valence-corrected chi connectivity index (χ4v) is 5.18. The Morgan fingerprint density at radius 1 is 1.26 bits per heavy atom. The molecular weight excluding hydrogens is 368 g/mol. The zero-order chi connectivity index (χ0) is 19.6. The largest absolute Gasteiger partial charge is 0.334 e. The van der Waals surface area contributed by atoms with Gasteiger partial charge in [0.05, 0.1) is 4.92 Å². The van der Waals surface area contributed by atoms with Gasteiger partial charge in [0, 0.05) is 44.0 Å². The molecule has 1 aromatic carbocycles. The molecule has 1 aliphatic rings. The third-order valence-electron chi connectivity index (χ3n) is 4.97. The van der Waals surface area contributed by atoms with E-state index in [0.29, 0.717) is 24.9 Å². The number of hydrogen-bond acceptors (Lipinski definition) is 5. The second-order valence-electron chi connectivity index (χ2n) is 7.16. The molecule has 1 saturated heterocycles. The smallest absolute Gasteiger partial charge is 0.289 e. The fourth-order valence-electron chi connectivity index (χ4n) is 3.55. The van der Waals surface area contributed by atoms with Crippen LogP contribution in [0.1, 0.15) is 38.4 Å². The second-order valence-corrected chi connectivity index (χ2v) is 9.07. The number of hydrogen-bond donors (Lipinski definition) is 0. The molecule has 146 valence electrons. The first-order chi connectivity index (χ1) is 12.8. The number of piperidine rings is 1. The van der Waals surface area contributed by atoms with Gasteiger partial charge in [-0.15, -0.1) is 0 Å². The van der Waals surface area contributed by atoms with Crippen LogP contribution < -0.4 is 0 Å². The molecule has 27 heavy (non-hydrogen) atoms. The van der Waals surface area contributed by atoms with E-state index in [4.69, 9.17) is 0 Å². The number of nitro benzene ring substituents is 1. The van der Waals surface area contributed by atoms with Crippen molar-refractivity contribution in [3.63, 3.8) is 0 Å². The summed E-state index contributed by atoms with van der Waals surface area (Å²) in [7, 11) is -3.87. The lowest BCUT2D eigenvalue weighted by molar-refractivity contribution is -0.387. The quantitative estimate of drug-likeness (QED) is 0.556. The summed E-state index contributed by atoms with van der Waals surface area (Å²) in [4.78, 5) is 14.7. The van der Waals surface area contributed by atoms with Crippen molar-refractivity contribution < 1.29 is 13.3 Å². The molecule has 1 aliphatic heterocycles. The van der Waals surface area contributed by atoms with Gasteiger partial charge in [0.15, 0.2) is 4.90 Å². The van der Waals surface area contributed by atoms with E-state index in [0.717, 1.165) is 25.2 Å². The minimum atomic E-state index is -3.87. The van der Waals surface area contributed by atoms with Gasteiger partial charge >= 0.3 is 0 Å². The Kier molecular flexibility index (Phi) is 5.61. The van der Waals surface area contributed by atoms with Crippen LogP contribution >= 0.6 is 0 Å². The minimum Gasteiger partial charge on any atom is -0.334 e. The molecule has 0 N–H and O–H groups in total. The molecule has 0 spiro atoms. The Labute approximate surface area is 159 Å². The monoisotopic (exact) mass is 392 g/mol. The Morgan fingerprint density at radius 2 is 1.93 bits per heavy atom. The van der Waals surface area contributed by atoms with Crippen LogP contribution in [-0.4, -0.2) is 40.3 Å². The van der Waals surface area contributed by atoms with E-state index in [2.05, 4.69) is 23.4 Å². The zero-order valence-corrected chi connectivity index (χ0v) is 16.3. The number of para-hydroxylation sites is 1. The maximum absolute atomic E-state index is 12.9. The summed E-state index contributed by atoms with van der Waals surface area (Å²) in [6, 6.07) is 5.52. The van der Waals surface area contributed by atoms with Crippen LogP contribution in [0.25, 0.3) is 0 Å². The molecule has 9 heteroatoms. The van der Waals surface area contributed by atoms with Gasteiger partial charge in [-0.2, -0.15) is 4.31 Å². The van der Waals surface area contributed by atoms with Crippen molar-refractivity contribution in [1.29, 1.82) is 0 Å². The number of imidazole rings is 1. The van der Waals surface area contributed by atoms with E-state index >= 15 is 0 Å². The van der Waals surface area contributed by atoms with Gasteiger partial charge in [0.1, 0.15) is 5.82 Å². The van der Waals surface area contributed by atoms with Crippen LogP contribution in [-0.2, 0) is 16.6 Å². The lowest BCUT2D eigenvalue weighted by Crippen LogP contribution is -2.39. The van der Waals surface area contributed by atoms with E-state index in [1.54, 1.807) is 6.20 Å². The maximum atomic E-state index is 12.9. The molecule has 1 fully saturated rings. The minimum absolute atomic E-state index is 0.231. The lowest BCUT2D eigenvalue weighted by atomic mass is 9.98. The Balaban J connectivity index is 1.70. The SMILES string of the molecule is CC(C)c1nccn1CC1CCN(S(=O)(=O)c2ccccc2[N+](=O)[O-])CC1. The van der Waals surface area contributed by atoms with E-state index in [-0.39, 0.29) is 10.6 Å². The van der Waals surface area contributed by atoms with E-state index in [9.17, 15) is 18.5 Å². The highest BCUT2D eigenvalue weighted by Crippen LogP contribution is 2.30. The van der Waals surface area contributed by atoms with Crippen molar-refractivity contribution in [3.05, 3.63) is 52.6 Å². The summed E-state index contributed by atoms with van der Waals surface area (Å²) in [5.74, 6) is 1.72. The molecule has 0 amide bonds. The Morgan fingerprint density at radius 3 is 2.56 bits per heavy atom. The van der Waals surface area contributed by atoms with Gasteiger partial charge in [-0.3, -0.25) is 10.1 Å². The predicted molar refractivity (Wildman–Crippen MR) is 101 cm³/mol. The summed E-state index contributed by atoms with van der Waals surface area (Å²) < 4.78 is 29.3. The molecule has 0 atom stereocenters. The molecule has 3 rings (SSSR count). The first-order valence-corrected chi connectivity index (χ1v) is 10.5. The van der Waals surface area contributed by atoms with E-state index in [1.165, 1.54) is 28.6 Å². The number of aromatic nitrogens is 2. The molecule has 0 bridgehead atoms. The van der Waals surface area contributed by atoms with Crippen molar-refractivity contribution in [2.24, 2.45) is 5.92 Å². The van der Waals surface area contributed by atoms with Crippen LogP contribution in [0.3, 0.4) is 0 Å². The standard InChI is InChI=1S/C18H24N4O4S/c1-14(2)18-19-9-12-20(18)13-15-7-10-21(11-8-15)27(25,26)17-6-4-3-5-16(17)22(23)24/h3-6,9,12,14-15H,7-8,10-11,13H2,1-2H3. The zero-order valence-electron chi connectivity index (χ0n) is 15.5. The highest BCUT2D eigenvalue weighted by molar-refractivity contribution is 7.89. The summed E-state index contributed by atoms with van der Waals surface area (Å²) in [5.41, 5.74) is -0.375. The van der Waals surface area contributed by atoms with Crippen LogP contribution in [0.5, 0.6) is 0 Å². The topological polar surface area (TPSA) is 98.3 Å². The fraction of sp³-hybridized carbons (Fsp3) is 0.500. The molecule has 0 aliphatic carbocycles. The number of rotatable bonds is 6. The predicted octanol–water partition coefficient (Wildman–Crippen LogP) is 3.02. The van der Waals surface area contributed by atoms with Crippen LogP contribution in [0.4, 0.5) is 5.69 Å². The third kappa shape index (κ3) is 4.03. The summed E-state index contributed by atoms with van der Waals surface area (Å²) in [6.07, 6.45) is 5.19. The lowest BCUT2D eigenvalue weighted by Gasteiger charge is -2.31. The molecule has 0 radical (unpaired) electrons. The van der Waals surface area contributed by atoms with Gasteiger partial charge in [-0.25, -0.2) is 13.4 Å². The van der Waals surface area contributed by atoms with Gasteiger partial charge in [-0.1, -0.05) is 26.0 Å². The van der Waals surface area contributed by atoms with Crippen LogP contribution in [0.2, 0.25) is 0 Å². The van der Waals surface area contributed by atoms with Crippen LogP contribution in [0.15, 0.2) is 41.6 Å². The second kappa shape index (κ2) is 7.77. The van der Waals surface area contributed by atoms with Gasteiger partial charge in [0.25, 0.3) is 5.69 Å². The van der Waals surface area contributed by atoms with Gasteiger partial charge in [-0.05, 0) is 24.8 Å². The number of nitrogens with zero attached hydrogens (tertiary/aromatic N) is 4. The van der Waals surface area contributed by atoms with Crippen molar-refractivity contribution in [1.82, 2.24) is 13.9 Å². The molecule has 0 saturated carbocycles. The average molecular weight is 392 g/mol. The number of benzene rings is 1. The van der Waals surface area contributed by atoms with Gasteiger partial charge in [0.2, 0.25) is 10.0 Å². The average Bonchev–Trinajstić information content (AvgIpc) is 3.10. The summed E-state index contributed by atoms with van der Waals surface area (Å²) in [6.45, 7) is 5.74. The molecule has 8 nitrogen and oxygen atoms in total. The van der Waals surface area contributed by atoms with Crippen molar-refractivity contribution in [3.8, 4) is 0 Å². The summed E-state index contributed by atoms with van der Waals surface area (Å²) in [5, 5.41) is 11.2. The first kappa shape index (κ1) is 19.5. The molecule has 2 aromatic rings. The third-order valence-corrected chi connectivity index (χ3v) is 6.92. The van der Waals surface area contributed by atoms with Crippen molar-refractivity contribution >= 4 is 15.7 Å². The van der Waals surface area contributed by atoms with Crippen molar-refractivity contribution in [2.45, 2.75) is 44.0 Å². The maximum Gasteiger partial charge on any atom is 0.289 e. The number of nitro groups is 1.